The molecule has 0 aliphatic carbocycles. The molecule has 0 aliphatic heterocycles. The molecule has 116 valence electrons. The Hall–Kier alpha value is -2.13. The average Bonchev–Trinajstić information content (AvgIpc) is 2.54. The van der Waals surface area contributed by atoms with Gasteiger partial charge in [-0.1, -0.05) is 48.0 Å². The van der Waals surface area contributed by atoms with Crippen molar-refractivity contribution < 1.29 is 4.79 Å². The van der Waals surface area contributed by atoms with Crippen LogP contribution in [0.2, 0.25) is 0 Å². The summed E-state index contributed by atoms with van der Waals surface area (Å²) in [5, 5.41) is 0. The van der Waals surface area contributed by atoms with E-state index in [9.17, 15) is 4.79 Å². The molecule has 0 saturated heterocycles. The number of hydrogen-bond donors (Lipinski definition) is 1. The number of carbonyl (C=O) groups excluding carboxylic acids is 1. The molecule has 2 N–H and O–H groups in total. The lowest BCUT2D eigenvalue weighted by molar-refractivity contribution is 0.0725. The van der Waals surface area contributed by atoms with Gasteiger partial charge in [0.1, 0.15) is 0 Å². The molecule has 0 saturated carbocycles. The first-order valence-corrected chi connectivity index (χ1v) is 7.69. The molecule has 1 unspecified atom stereocenters. The zero-order valence-corrected chi connectivity index (χ0v) is 13.3. The highest BCUT2D eigenvalue weighted by molar-refractivity contribution is 5.94. The summed E-state index contributed by atoms with van der Waals surface area (Å²) in [6, 6.07) is 18.1. The van der Waals surface area contributed by atoms with Crippen LogP contribution in [0.15, 0.2) is 54.6 Å². The summed E-state index contributed by atoms with van der Waals surface area (Å²) in [6.45, 7) is 2.57. The Morgan fingerprint density at radius 1 is 1.14 bits per heavy atom. The van der Waals surface area contributed by atoms with Crippen molar-refractivity contribution in [3.63, 3.8) is 0 Å². The van der Waals surface area contributed by atoms with Gasteiger partial charge < -0.3 is 10.6 Å². The van der Waals surface area contributed by atoms with Gasteiger partial charge in [0.05, 0.1) is 0 Å². The smallest absolute Gasteiger partial charge is 0.253 e. The second-order valence-corrected chi connectivity index (χ2v) is 5.71. The molecule has 2 aromatic carbocycles. The van der Waals surface area contributed by atoms with E-state index in [1.54, 1.807) is 0 Å². The first kappa shape index (κ1) is 16.2. The summed E-state index contributed by atoms with van der Waals surface area (Å²) >= 11 is 0. The molecule has 0 radical (unpaired) electrons. The fourth-order valence-corrected chi connectivity index (χ4v) is 2.66. The number of rotatable bonds is 6. The van der Waals surface area contributed by atoms with Crippen LogP contribution in [-0.2, 0) is 6.42 Å². The molecular weight excluding hydrogens is 272 g/mol. The molecule has 0 fully saturated rings. The highest BCUT2D eigenvalue weighted by Gasteiger charge is 2.21. The summed E-state index contributed by atoms with van der Waals surface area (Å²) in [5.74, 6) is 0.0538. The zero-order valence-electron chi connectivity index (χ0n) is 13.3. The van der Waals surface area contributed by atoms with Crippen molar-refractivity contribution >= 4 is 5.91 Å². The Labute approximate surface area is 132 Å². The molecule has 22 heavy (non-hydrogen) atoms. The van der Waals surface area contributed by atoms with Gasteiger partial charge in [0.2, 0.25) is 0 Å². The molecule has 0 spiro atoms. The topological polar surface area (TPSA) is 46.3 Å². The van der Waals surface area contributed by atoms with Crippen LogP contribution in [-0.4, -0.2) is 30.4 Å². The van der Waals surface area contributed by atoms with E-state index >= 15 is 0 Å². The van der Waals surface area contributed by atoms with Crippen LogP contribution in [0.3, 0.4) is 0 Å². The molecule has 0 heterocycles. The van der Waals surface area contributed by atoms with Gasteiger partial charge in [-0.15, -0.1) is 0 Å². The highest BCUT2D eigenvalue weighted by Crippen LogP contribution is 2.15. The van der Waals surface area contributed by atoms with Gasteiger partial charge in [-0.25, -0.2) is 0 Å². The van der Waals surface area contributed by atoms with Crippen LogP contribution >= 0.6 is 0 Å². The van der Waals surface area contributed by atoms with E-state index < -0.39 is 0 Å². The van der Waals surface area contributed by atoms with Gasteiger partial charge in [0, 0.05) is 18.7 Å². The predicted molar refractivity (Wildman–Crippen MR) is 90.9 cm³/mol. The third-order valence-electron chi connectivity index (χ3n) is 3.95. The maximum atomic E-state index is 12.7. The maximum absolute atomic E-state index is 12.7. The van der Waals surface area contributed by atoms with Gasteiger partial charge >= 0.3 is 0 Å². The lowest BCUT2D eigenvalue weighted by Gasteiger charge is -2.28. The number of nitrogens with zero attached hydrogens (tertiary/aromatic N) is 1. The predicted octanol–water partition coefficient (Wildman–Crippen LogP) is 3.03. The van der Waals surface area contributed by atoms with Gasteiger partial charge in [-0.05, 0) is 44.0 Å². The molecule has 0 aromatic heterocycles. The van der Waals surface area contributed by atoms with Gasteiger partial charge in [-0.3, -0.25) is 4.79 Å². The molecular formula is C19H24N2O. The Bertz CT molecular complexity index is 610. The van der Waals surface area contributed by atoms with Crippen LogP contribution in [0.25, 0.3) is 0 Å². The van der Waals surface area contributed by atoms with Crippen LogP contribution in [0, 0.1) is 6.92 Å². The number of benzene rings is 2. The summed E-state index contributed by atoms with van der Waals surface area (Å²) in [4.78, 5) is 14.5. The van der Waals surface area contributed by atoms with Crippen LogP contribution in [0.5, 0.6) is 0 Å². The fourth-order valence-electron chi connectivity index (χ4n) is 2.66. The van der Waals surface area contributed by atoms with Crippen molar-refractivity contribution in [1.82, 2.24) is 4.90 Å². The van der Waals surface area contributed by atoms with E-state index in [0.717, 1.165) is 24.0 Å². The first-order valence-electron chi connectivity index (χ1n) is 7.69. The fraction of sp³-hybridized carbons (Fsp3) is 0.316. The van der Waals surface area contributed by atoms with Crippen molar-refractivity contribution in [3.8, 4) is 0 Å². The summed E-state index contributed by atoms with van der Waals surface area (Å²) in [7, 11) is 1.87. The molecule has 1 amide bonds. The van der Waals surface area contributed by atoms with Crippen molar-refractivity contribution in [2.75, 3.05) is 13.6 Å². The van der Waals surface area contributed by atoms with E-state index in [2.05, 4.69) is 12.1 Å². The third kappa shape index (κ3) is 4.18. The van der Waals surface area contributed by atoms with Crippen molar-refractivity contribution in [1.29, 1.82) is 0 Å². The second kappa shape index (κ2) is 7.76. The Morgan fingerprint density at radius 2 is 1.86 bits per heavy atom. The summed E-state index contributed by atoms with van der Waals surface area (Å²) in [5.41, 5.74) is 8.80. The maximum Gasteiger partial charge on any atom is 0.253 e. The molecule has 0 bridgehead atoms. The number of aryl methyl sites for hydroxylation is 1. The Balaban J connectivity index is 2.15. The minimum Gasteiger partial charge on any atom is -0.338 e. The van der Waals surface area contributed by atoms with Crippen LogP contribution in [0.1, 0.15) is 27.9 Å². The Kier molecular flexibility index (Phi) is 5.73. The third-order valence-corrected chi connectivity index (χ3v) is 3.95. The number of amides is 1. The van der Waals surface area contributed by atoms with Gasteiger partial charge in [0.25, 0.3) is 5.91 Å². The quantitative estimate of drug-likeness (QED) is 0.890. The standard InChI is InChI=1S/C19H24N2O/c1-15-7-6-10-17(13-15)19(22)21(2)18(11-12-20)14-16-8-4-3-5-9-16/h3-10,13,18H,11-12,14,20H2,1-2H3. The number of nitrogens with two attached hydrogens (primary N) is 1. The number of likely N-dealkylation sites (N-methyl/N-ethyl adjacent to an activating group) is 1. The lowest BCUT2D eigenvalue weighted by Crippen LogP contribution is -2.39. The average molecular weight is 296 g/mol. The van der Waals surface area contributed by atoms with E-state index in [1.807, 2.05) is 61.3 Å². The van der Waals surface area contributed by atoms with Crippen LogP contribution < -0.4 is 5.73 Å². The normalized spacial score (nSPS) is 12.0. The molecule has 0 aliphatic rings. The van der Waals surface area contributed by atoms with E-state index in [1.165, 1.54) is 5.56 Å². The minimum atomic E-state index is 0.0538. The second-order valence-electron chi connectivity index (χ2n) is 5.71. The number of carbonyl (C=O) groups is 1. The van der Waals surface area contributed by atoms with Crippen molar-refractivity contribution in [2.24, 2.45) is 5.73 Å². The lowest BCUT2D eigenvalue weighted by atomic mass is 10.0. The van der Waals surface area contributed by atoms with E-state index in [4.69, 9.17) is 5.73 Å². The van der Waals surface area contributed by atoms with E-state index in [-0.39, 0.29) is 11.9 Å². The van der Waals surface area contributed by atoms with Gasteiger partial charge in [0.15, 0.2) is 0 Å². The highest BCUT2D eigenvalue weighted by atomic mass is 16.2. The molecule has 3 heteroatoms. The molecule has 3 nitrogen and oxygen atoms in total. The summed E-state index contributed by atoms with van der Waals surface area (Å²) < 4.78 is 0. The minimum absolute atomic E-state index is 0.0538. The van der Waals surface area contributed by atoms with Gasteiger partial charge in [-0.2, -0.15) is 0 Å². The molecule has 2 aromatic rings. The molecule has 1 atom stereocenters. The number of hydrogen-bond acceptors (Lipinski definition) is 2. The Morgan fingerprint density at radius 3 is 2.50 bits per heavy atom. The summed E-state index contributed by atoms with van der Waals surface area (Å²) in [6.07, 6.45) is 1.62. The SMILES string of the molecule is Cc1cccc(C(=O)N(C)C(CCN)Cc2ccccc2)c1. The molecule has 2 rings (SSSR count). The van der Waals surface area contributed by atoms with Crippen molar-refractivity contribution in [3.05, 3.63) is 71.3 Å². The monoisotopic (exact) mass is 296 g/mol. The van der Waals surface area contributed by atoms with Crippen LogP contribution in [0.4, 0.5) is 0 Å². The van der Waals surface area contributed by atoms with Crippen molar-refractivity contribution in [2.45, 2.75) is 25.8 Å². The van der Waals surface area contributed by atoms with E-state index in [0.29, 0.717) is 6.54 Å². The largest absolute Gasteiger partial charge is 0.338 e. The first-order chi connectivity index (χ1) is 10.6. The zero-order chi connectivity index (χ0) is 15.9.